The Kier molecular flexibility index (Phi) is 20.2. The third kappa shape index (κ3) is 18.5. The molecule has 16 nitrogen and oxygen atoms in total. The van der Waals surface area contributed by atoms with Crippen LogP contribution in [0.15, 0.2) is 60.7 Å². The molecule has 0 aromatic heterocycles. The van der Waals surface area contributed by atoms with Gasteiger partial charge >= 0.3 is 24.1 Å². The molecule has 5 amide bonds. The first kappa shape index (κ1) is 48.5. The van der Waals surface area contributed by atoms with Gasteiger partial charge in [0.05, 0.1) is 6.54 Å². The summed E-state index contributed by atoms with van der Waals surface area (Å²) in [5.74, 6) is -2.53. The lowest BCUT2D eigenvalue weighted by molar-refractivity contribution is -0.159. The van der Waals surface area contributed by atoms with Gasteiger partial charge in [-0.05, 0) is 44.2 Å². The molecular weight excluding hydrogens is 750 g/mol. The number of carboxylic acids is 1. The van der Waals surface area contributed by atoms with E-state index in [4.69, 9.17) is 19.3 Å². The van der Waals surface area contributed by atoms with Crippen LogP contribution in [0.4, 0.5) is 9.59 Å². The zero-order valence-electron chi connectivity index (χ0n) is 35.2. The number of carboxylic acid groups (broad SMARTS) is 1. The fourth-order valence-electron chi connectivity index (χ4n) is 5.95. The highest BCUT2D eigenvalue weighted by Gasteiger charge is 2.34. The van der Waals surface area contributed by atoms with Crippen molar-refractivity contribution in [3.63, 3.8) is 0 Å². The van der Waals surface area contributed by atoms with Crippen molar-refractivity contribution in [3.05, 3.63) is 71.8 Å². The molecule has 58 heavy (non-hydrogen) atoms. The van der Waals surface area contributed by atoms with Crippen molar-refractivity contribution in [2.75, 3.05) is 61.4 Å². The summed E-state index contributed by atoms with van der Waals surface area (Å²) < 4.78 is 15.5. The lowest BCUT2D eigenvalue weighted by Gasteiger charge is -2.35. The lowest BCUT2D eigenvalue weighted by atomic mass is 9.84. The zero-order chi connectivity index (χ0) is 43.4. The molecule has 320 valence electrons. The van der Waals surface area contributed by atoms with E-state index in [1.54, 1.807) is 27.8 Å². The second kappa shape index (κ2) is 24.2. The number of hydrogen-bond acceptors (Lipinski definition) is 10. The first-order valence-electron chi connectivity index (χ1n) is 19.3. The highest BCUT2D eigenvalue weighted by Crippen LogP contribution is 2.29. The van der Waals surface area contributed by atoms with Gasteiger partial charge < -0.3 is 43.8 Å². The Hall–Kier alpha value is -5.67. The van der Waals surface area contributed by atoms with E-state index in [1.165, 1.54) is 42.9 Å². The lowest BCUT2D eigenvalue weighted by Crippen LogP contribution is -2.53. The van der Waals surface area contributed by atoms with Crippen LogP contribution in [-0.2, 0) is 51.4 Å². The molecule has 1 atom stereocenters. The van der Waals surface area contributed by atoms with Gasteiger partial charge in [0.25, 0.3) is 0 Å². The fourth-order valence-corrected chi connectivity index (χ4v) is 5.95. The van der Waals surface area contributed by atoms with Crippen LogP contribution in [0.5, 0.6) is 0 Å². The fraction of sp³-hybridized carbons (Fsp3) is 0.548. The molecule has 0 bridgehead atoms. The van der Waals surface area contributed by atoms with Crippen LogP contribution in [-0.4, -0.2) is 145 Å². The number of aliphatic carboxylic acids is 1. The first-order chi connectivity index (χ1) is 27.3. The number of ether oxygens (including phenoxy) is 3. The van der Waals surface area contributed by atoms with Gasteiger partial charge in [-0.15, -0.1) is 0 Å². The Bertz CT molecular complexity index is 1650. The molecule has 0 radical (unpaired) electrons. The minimum absolute atomic E-state index is 0.0795. The normalized spacial score (nSPS) is 13.0. The maximum absolute atomic E-state index is 13.6. The highest BCUT2D eigenvalue weighted by atomic mass is 16.6. The van der Waals surface area contributed by atoms with E-state index in [1.807, 2.05) is 60.7 Å². The number of likely N-dealkylation sites (N-methyl/N-ethyl adjacent to an activating group) is 5. The third-order valence-electron chi connectivity index (χ3n) is 9.17. The summed E-state index contributed by atoms with van der Waals surface area (Å²) in [5.41, 5.74) is 1.00. The molecule has 1 fully saturated rings. The molecule has 1 saturated carbocycles. The number of nitrogens with zero attached hydrogens (tertiary/aromatic N) is 5. The predicted octanol–water partition coefficient (Wildman–Crippen LogP) is 4.65. The number of rotatable bonds is 16. The van der Waals surface area contributed by atoms with Crippen LogP contribution >= 0.6 is 0 Å². The molecule has 1 N–H and O–H groups in total. The van der Waals surface area contributed by atoms with E-state index in [0.717, 1.165) is 53.0 Å². The van der Waals surface area contributed by atoms with Crippen LogP contribution in [0, 0.1) is 5.92 Å². The SMILES string of the molecule is CN(CC(=O)N(C)[C@@H](CC1CCCCC1)C(=O)N(C)CC(=O)OC(C)(C)C)C(=O)CN(C)C(=O)OCc1ccccc1.CN(CC(=O)O)C(=O)OCc1ccccc1. The monoisotopic (exact) mass is 811 g/mol. The molecule has 1 aliphatic rings. The zero-order valence-corrected chi connectivity index (χ0v) is 35.2. The maximum atomic E-state index is 13.6. The largest absolute Gasteiger partial charge is 0.480 e. The van der Waals surface area contributed by atoms with Crippen LogP contribution in [0.3, 0.4) is 0 Å². The second-order valence-electron chi connectivity index (χ2n) is 15.5. The van der Waals surface area contributed by atoms with E-state index < -0.39 is 47.6 Å². The van der Waals surface area contributed by atoms with Gasteiger partial charge in [-0.2, -0.15) is 0 Å². The molecule has 0 aliphatic heterocycles. The van der Waals surface area contributed by atoms with Gasteiger partial charge in [-0.1, -0.05) is 92.8 Å². The van der Waals surface area contributed by atoms with Crippen molar-refractivity contribution in [1.29, 1.82) is 0 Å². The molecule has 0 spiro atoms. The number of amides is 5. The van der Waals surface area contributed by atoms with Gasteiger partial charge in [0.2, 0.25) is 17.7 Å². The van der Waals surface area contributed by atoms with Gasteiger partial charge in [0, 0.05) is 35.2 Å². The second-order valence-corrected chi connectivity index (χ2v) is 15.5. The maximum Gasteiger partial charge on any atom is 0.410 e. The topological polar surface area (TPSA) is 184 Å². The summed E-state index contributed by atoms with van der Waals surface area (Å²) in [5, 5.41) is 8.47. The first-order valence-corrected chi connectivity index (χ1v) is 19.3. The van der Waals surface area contributed by atoms with Gasteiger partial charge in [0.15, 0.2) is 0 Å². The number of esters is 1. The quantitative estimate of drug-likeness (QED) is 0.184. The summed E-state index contributed by atoms with van der Waals surface area (Å²) in [7, 11) is 7.39. The van der Waals surface area contributed by atoms with E-state index in [-0.39, 0.29) is 51.2 Å². The minimum atomic E-state index is -1.07. The Balaban J connectivity index is 0.000000603. The van der Waals surface area contributed by atoms with Crippen molar-refractivity contribution in [1.82, 2.24) is 24.5 Å². The summed E-state index contributed by atoms with van der Waals surface area (Å²) in [6.07, 6.45) is 4.45. The Morgan fingerprint density at radius 1 is 0.638 bits per heavy atom. The predicted molar refractivity (Wildman–Crippen MR) is 215 cm³/mol. The Morgan fingerprint density at radius 3 is 1.57 bits per heavy atom. The molecule has 0 unspecified atom stereocenters. The van der Waals surface area contributed by atoms with E-state index in [9.17, 15) is 33.6 Å². The molecule has 2 aromatic rings. The molecule has 0 saturated heterocycles. The molecule has 2 aromatic carbocycles. The van der Waals surface area contributed by atoms with Crippen molar-refractivity contribution < 1.29 is 52.9 Å². The summed E-state index contributed by atoms with van der Waals surface area (Å²) in [6, 6.07) is 17.6. The Labute approximate surface area is 342 Å². The third-order valence-corrected chi connectivity index (χ3v) is 9.17. The van der Waals surface area contributed by atoms with Crippen molar-refractivity contribution in [3.8, 4) is 0 Å². The van der Waals surface area contributed by atoms with Crippen molar-refractivity contribution in [2.24, 2.45) is 5.92 Å². The number of carbonyl (C=O) groups excluding carboxylic acids is 6. The highest BCUT2D eigenvalue weighted by molar-refractivity contribution is 5.92. The van der Waals surface area contributed by atoms with E-state index in [0.29, 0.717) is 6.42 Å². The van der Waals surface area contributed by atoms with E-state index >= 15 is 0 Å². The summed E-state index contributed by atoms with van der Waals surface area (Å²) in [6.45, 7) is 4.35. The average molecular weight is 812 g/mol. The molecule has 0 heterocycles. The van der Waals surface area contributed by atoms with Crippen LogP contribution in [0.2, 0.25) is 0 Å². The Morgan fingerprint density at radius 2 is 1.10 bits per heavy atom. The van der Waals surface area contributed by atoms with Crippen molar-refractivity contribution in [2.45, 2.75) is 84.2 Å². The standard InChI is InChI=1S/C31H48N4O7.C11H13NO4/c1-31(2,3)42-28(38)21-33(5)29(39)25(18-23-14-10-8-11-15-23)35(7)27(37)20-32(4)26(36)19-34(6)30(40)41-22-24-16-12-9-13-17-24;1-12(7-10(13)14)11(15)16-8-9-5-3-2-4-6-9/h9,12-13,16-17,23,25H,8,10-11,14-15,18-22H2,1-7H3;2-6H,7-8H2,1H3,(H,13,14)/t25-;/m0./s1. The van der Waals surface area contributed by atoms with Crippen LogP contribution in [0.1, 0.15) is 70.4 Å². The van der Waals surface area contributed by atoms with Crippen molar-refractivity contribution >= 4 is 41.8 Å². The average Bonchev–Trinajstić information content (AvgIpc) is 3.17. The van der Waals surface area contributed by atoms with Crippen LogP contribution < -0.4 is 0 Å². The summed E-state index contributed by atoms with van der Waals surface area (Å²) >= 11 is 0. The molecule has 16 heteroatoms. The number of benzene rings is 2. The van der Waals surface area contributed by atoms with Crippen LogP contribution in [0.25, 0.3) is 0 Å². The minimum Gasteiger partial charge on any atom is -0.480 e. The number of carbonyl (C=O) groups is 7. The van der Waals surface area contributed by atoms with E-state index in [2.05, 4.69) is 0 Å². The smallest absolute Gasteiger partial charge is 0.410 e. The van der Waals surface area contributed by atoms with Gasteiger partial charge in [-0.3, -0.25) is 24.0 Å². The molecule has 1 aliphatic carbocycles. The molecular formula is C42H61N5O11. The number of hydrogen-bond donors (Lipinski definition) is 1. The van der Waals surface area contributed by atoms with Gasteiger partial charge in [-0.25, -0.2) is 9.59 Å². The summed E-state index contributed by atoms with van der Waals surface area (Å²) in [4.78, 5) is 92.1. The molecule has 3 rings (SSSR count). The van der Waals surface area contributed by atoms with Gasteiger partial charge in [0.1, 0.15) is 44.5 Å².